The Hall–Kier alpha value is -0.570. The zero-order valence-electron chi connectivity index (χ0n) is 11.8. The van der Waals surface area contributed by atoms with Crippen LogP contribution in [0.25, 0.3) is 0 Å². The van der Waals surface area contributed by atoms with Gasteiger partial charge in [-0.2, -0.15) is 0 Å². The van der Waals surface area contributed by atoms with Crippen molar-refractivity contribution >= 4 is 5.91 Å². The van der Waals surface area contributed by atoms with E-state index in [0.29, 0.717) is 12.5 Å². The third-order valence-electron chi connectivity index (χ3n) is 3.11. The largest absolute Gasteiger partial charge is 0.354 e. The first kappa shape index (κ1) is 14.5. The molecule has 0 aliphatic heterocycles. The summed E-state index contributed by atoms with van der Waals surface area (Å²) < 4.78 is 0. The minimum absolute atomic E-state index is 0.0249. The van der Waals surface area contributed by atoms with Crippen LogP contribution in [0.4, 0.5) is 0 Å². The number of hydrogen-bond acceptors (Lipinski definition) is 2. The summed E-state index contributed by atoms with van der Waals surface area (Å²) in [4.78, 5) is 11.8. The van der Waals surface area contributed by atoms with Gasteiger partial charge in [0.15, 0.2) is 0 Å². The Kier molecular flexibility index (Phi) is 4.99. The molecule has 1 saturated carbocycles. The lowest BCUT2D eigenvalue weighted by atomic mass is 9.87. The first-order chi connectivity index (χ1) is 7.76. The molecule has 2 unspecified atom stereocenters. The van der Waals surface area contributed by atoms with E-state index in [-0.39, 0.29) is 17.4 Å². The van der Waals surface area contributed by atoms with Crippen LogP contribution in [-0.2, 0) is 4.79 Å². The molecular formula is C14H28N2O. The first-order valence-corrected chi connectivity index (χ1v) is 6.81. The normalized spacial score (nSPS) is 19.8. The van der Waals surface area contributed by atoms with Crippen molar-refractivity contribution < 1.29 is 4.79 Å². The van der Waals surface area contributed by atoms with Gasteiger partial charge in [0, 0.05) is 18.5 Å². The lowest BCUT2D eigenvalue weighted by molar-refractivity contribution is -0.122. The molecule has 3 nitrogen and oxygen atoms in total. The predicted octanol–water partition coefficient (Wildman–Crippen LogP) is 2.44. The van der Waals surface area contributed by atoms with E-state index in [1.54, 1.807) is 0 Å². The quantitative estimate of drug-likeness (QED) is 0.749. The maximum atomic E-state index is 11.8. The predicted molar refractivity (Wildman–Crippen MR) is 71.6 cm³/mol. The second-order valence-electron chi connectivity index (χ2n) is 6.88. The van der Waals surface area contributed by atoms with E-state index < -0.39 is 0 Å². The van der Waals surface area contributed by atoms with Gasteiger partial charge < -0.3 is 11.1 Å². The second kappa shape index (κ2) is 5.85. The topological polar surface area (TPSA) is 55.1 Å². The molecule has 0 aromatic heterocycles. The van der Waals surface area contributed by atoms with E-state index in [0.717, 1.165) is 18.8 Å². The number of carbonyl (C=O) groups excluding carboxylic acids is 1. The van der Waals surface area contributed by atoms with Crippen LogP contribution in [-0.4, -0.2) is 18.0 Å². The average Bonchev–Trinajstić information content (AvgIpc) is 2.82. The summed E-state index contributed by atoms with van der Waals surface area (Å²) in [6.07, 6.45) is 5.14. The van der Waals surface area contributed by atoms with Gasteiger partial charge in [0.1, 0.15) is 0 Å². The van der Waals surface area contributed by atoms with Gasteiger partial charge in [-0.1, -0.05) is 33.6 Å². The van der Waals surface area contributed by atoms with E-state index in [1.807, 2.05) is 0 Å². The first-order valence-electron chi connectivity index (χ1n) is 6.81. The third kappa shape index (κ3) is 7.37. The van der Waals surface area contributed by atoms with Crippen LogP contribution >= 0.6 is 0 Å². The van der Waals surface area contributed by atoms with Crippen molar-refractivity contribution in [3.05, 3.63) is 0 Å². The van der Waals surface area contributed by atoms with Crippen LogP contribution in [0.2, 0.25) is 0 Å². The Morgan fingerprint density at radius 3 is 2.47 bits per heavy atom. The number of nitrogens with one attached hydrogen (secondary N) is 1. The zero-order valence-corrected chi connectivity index (χ0v) is 11.8. The third-order valence-corrected chi connectivity index (χ3v) is 3.11. The molecule has 3 heteroatoms. The standard InChI is InChI=1S/C14H28N2O/c1-10(7-11-5-6-11)16-13(17)8-12(15)9-14(2,3)4/h10-12H,5-9,15H2,1-4H3,(H,16,17). The minimum Gasteiger partial charge on any atom is -0.354 e. The van der Waals surface area contributed by atoms with Gasteiger partial charge in [0.2, 0.25) is 5.91 Å². The summed E-state index contributed by atoms with van der Waals surface area (Å²) in [5.41, 5.74) is 6.18. The molecule has 1 aliphatic carbocycles. The van der Waals surface area contributed by atoms with E-state index in [4.69, 9.17) is 5.73 Å². The summed E-state index contributed by atoms with van der Waals surface area (Å²) in [6, 6.07) is 0.278. The maximum Gasteiger partial charge on any atom is 0.221 e. The van der Waals surface area contributed by atoms with E-state index in [9.17, 15) is 4.79 Å². The molecule has 2 atom stereocenters. The molecule has 1 fully saturated rings. The zero-order chi connectivity index (χ0) is 13.1. The smallest absolute Gasteiger partial charge is 0.221 e. The second-order valence-corrected chi connectivity index (χ2v) is 6.88. The Morgan fingerprint density at radius 1 is 1.41 bits per heavy atom. The number of amides is 1. The fourth-order valence-corrected chi connectivity index (χ4v) is 2.34. The molecule has 0 heterocycles. The summed E-state index contributed by atoms with van der Waals surface area (Å²) in [5.74, 6) is 0.962. The highest BCUT2D eigenvalue weighted by Gasteiger charge is 2.24. The molecule has 0 bridgehead atoms. The molecule has 1 rings (SSSR count). The van der Waals surface area contributed by atoms with Crippen LogP contribution in [0, 0.1) is 11.3 Å². The molecule has 0 radical (unpaired) electrons. The van der Waals surface area contributed by atoms with E-state index in [2.05, 4.69) is 33.0 Å². The molecular weight excluding hydrogens is 212 g/mol. The summed E-state index contributed by atoms with van der Waals surface area (Å²) in [6.45, 7) is 8.55. The van der Waals surface area contributed by atoms with E-state index in [1.165, 1.54) is 12.8 Å². The molecule has 0 saturated heterocycles. The molecule has 1 aliphatic rings. The summed E-state index contributed by atoms with van der Waals surface area (Å²) in [7, 11) is 0. The van der Waals surface area contributed by atoms with Gasteiger partial charge >= 0.3 is 0 Å². The van der Waals surface area contributed by atoms with E-state index >= 15 is 0 Å². The fourth-order valence-electron chi connectivity index (χ4n) is 2.34. The monoisotopic (exact) mass is 240 g/mol. The van der Waals surface area contributed by atoms with Crippen LogP contribution in [0.5, 0.6) is 0 Å². The van der Waals surface area contributed by atoms with Gasteiger partial charge in [-0.25, -0.2) is 0 Å². The molecule has 0 aromatic carbocycles. The molecule has 0 spiro atoms. The number of nitrogens with two attached hydrogens (primary N) is 1. The van der Waals surface area contributed by atoms with Crippen molar-refractivity contribution in [1.82, 2.24) is 5.32 Å². The van der Waals surface area contributed by atoms with Crippen molar-refractivity contribution in [2.24, 2.45) is 17.1 Å². The molecule has 3 N–H and O–H groups in total. The van der Waals surface area contributed by atoms with Gasteiger partial charge in [0.05, 0.1) is 0 Å². The van der Waals surface area contributed by atoms with Gasteiger partial charge in [-0.15, -0.1) is 0 Å². The Balaban J connectivity index is 2.18. The lowest BCUT2D eigenvalue weighted by Crippen LogP contribution is -2.38. The number of hydrogen-bond donors (Lipinski definition) is 2. The fraction of sp³-hybridized carbons (Fsp3) is 0.929. The Bertz CT molecular complexity index is 253. The van der Waals surface area contributed by atoms with Crippen LogP contribution in [0.3, 0.4) is 0 Å². The number of carbonyl (C=O) groups is 1. The van der Waals surface area contributed by atoms with Gasteiger partial charge in [-0.3, -0.25) is 4.79 Å². The van der Waals surface area contributed by atoms with Gasteiger partial charge in [-0.05, 0) is 31.1 Å². The minimum atomic E-state index is -0.0249. The van der Waals surface area contributed by atoms with Crippen molar-refractivity contribution in [2.45, 2.75) is 71.9 Å². The van der Waals surface area contributed by atoms with Crippen molar-refractivity contribution in [1.29, 1.82) is 0 Å². The molecule has 1 amide bonds. The summed E-state index contributed by atoms with van der Waals surface area (Å²) >= 11 is 0. The number of rotatable bonds is 6. The van der Waals surface area contributed by atoms with Crippen LogP contribution in [0.15, 0.2) is 0 Å². The van der Waals surface area contributed by atoms with Gasteiger partial charge in [0.25, 0.3) is 0 Å². The molecule has 100 valence electrons. The highest BCUT2D eigenvalue weighted by atomic mass is 16.1. The SMILES string of the molecule is CC(CC1CC1)NC(=O)CC(N)CC(C)(C)C. The Labute approximate surface area is 106 Å². The highest BCUT2D eigenvalue weighted by molar-refractivity contribution is 5.76. The lowest BCUT2D eigenvalue weighted by Gasteiger charge is -2.23. The van der Waals surface area contributed by atoms with Crippen molar-refractivity contribution in [3.8, 4) is 0 Å². The Morgan fingerprint density at radius 2 is 2.00 bits per heavy atom. The van der Waals surface area contributed by atoms with Crippen molar-refractivity contribution in [2.75, 3.05) is 0 Å². The molecule has 0 aromatic rings. The summed E-state index contributed by atoms with van der Waals surface area (Å²) in [5, 5.41) is 3.05. The molecule has 17 heavy (non-hydrogen) atoms. The average molecular weight is 240 g/mol. The highest BCUT2D eigenvalue weighted by Crippen LogP contribution is 2.33. The maximum absolute atomic E-state index is 11.8. The van der Waals surface area contributed by atoms with Crippen LogP contribution < -0.4 is 11.1 Å². The van der Waals surface area contributed by atoms with Crippen molar-refractivity contribution in [3.63, 3.8) is 0 Å². The van der Waals surface area contributed by atoms with Crippen LogP contribution in [0.1, 0.15) is 59.8 Å².